The first-order valence-electron chi connectivity index (χ1n) is 8.05. The first-order chi connectivity index (χ1) is 11.4. The molecule has 24 heavy (non-hydrogen) atoms. The van der Waals surface area contributed by atoms with Gasteiger partial charge in [0.1, 0.15) is 6.04 Å². The number of amides is 2. The second kappa shape index (κ2) is 6.11. The van der Waals surface area contributed by atoms with Crippen molar-refractivity contribution in [1.29, 1.82) is 0 Å². The maximum absolute atomic E-state index is 12.8. The van der Waals surface area contributed by atoms with Crippen molar-refractivity contribution in [2.24, 2.45) is 7.05 Å². The predicted molar refractivity (Wildman–Crippen MR) is 92.1 cm³/mol. The normalized spacial score (nSPS) is 17.4. The van der Waals surface area contributed by atoms with Crippen LogP contribution in [0.1, 0.15) is 33.5 Å². The molecule has 0 aliphatic carbocycles. The Balaban J connectivity index is 1.77. The van der Waals surface area contributed by atoms with Crippen LogP contribution in [0.3, 0.4) is 0 Å². The molecule has 6 nitrogen and oxygen atoms in total. The Morgan fingerprint density at radius 2 is 1.92 bits per heavy atom. The summed E-state index contributed by atoms with van der Waals surface area (Å²) in [6.07, 6.45) is 3.75. The van der Waals surface area contributed by atoms with Crippen LogP contribution in [0.15, 0.2) is 24.5 Å². The molecule has 126 valence electrons. The van der Waals surface area contributed by atoms with Gasteiger partial charge in [-0.2, -0.15) is 5.10 Å². The van der Waals surface area contributed by atoms with E-state index in [1.165, 1.54) is 11.8 Å². The lowest BCUT2D eigenvalue weighted by Crippen LogP contribution is -2.41. The van der Waals surface area contributed by atoms with E-state index >= 15 is 0 Å². The first-order valence-corrected chi connectivity index (χ1v) is 8.05. The number of carbonyl (C=O) groups excluding carboxylic acids is 2. The molecule has 0 bridgehead atoms. The van der Waals surface area contributed by atoms with Gasteiger partial charge in [-0.25, -0.2) is 0 Å². The standard InChI is InChI=1S/C18H22N4O2/c1-11-7-12(2)16(13(3)8-11)22-6-5-15(18(22)24)20-17(23)14-9-19-21(4)10-14/h7-10,15H,5-6H2,1-4H3,(H,20,23). The minimum atomic E-state index is -0.488. The van der Waals surface area contributed by atoms with Gasteiger partial charge in [0.25, 0.3) is 5.91 Å². The number of hydrogen-bond acceptors (Lipinski definition) is 3. The molecule has 2 heterocycles. The number of nitrogens with one attached hydrogen (secondary N) is 1. The summed E-state index contributed by atoms with van der Waals surface area (Å²) in [5, 5.41) is 6.81. The van der Waals surface area contributed by atoms with Crippen molar-refractivity contribution in [3.63, 3.8) is 0 Å². The molecule has 6 heteroatoms. The van der Waals surface area contributed by atoms with Gasteiger partial charge in [0.2, 0.25) is 5.91 Å². The molecule has 1 atom stereocenters. The molecule has 1 aliphatic heterocycles. The lowest BCUT2D eigenvalue weighted by Gasteiger charge is -2.22. The van der Waals surface area contributed by atoms with Gasteiger partial charge in [0.05, 0.1) is 11.8 Å². The van der Waals surface area contributed by atoms with Crippen LogP contribution in [0.2, 0.25) is 0 Å². The minimum Gasteiger partial charge on any atom is -0.340 e. The average Bonchev–Trinajstić information content (AvgIpc) is 3.07. The molecule has 1 saturated heterocycles. The molecule has 0 spiro atoms. The van der Waals surface area contributed by atoms with Gasteiger partial charge in [-0.15, -0.1) is 0 Å². The number of benzene rings is 1. The molecule has 1 N–H and O–H groups in total. The Bertz CT molecular complexity index is 786. The summed E-state index contributed by atoms with van der Waals surface area (Å²) in [4.78, 5) is 26.8. The number of rotatable bonds is 3. The molecule has 0 radical (unpaired) electrons. The highest BCUT2D eigenvalue weighted by molar-refractivity contribution is 6.04. The number of carbonyl (C=O) groups is 2. The van der Waals surface area contributed by atoms with Gasteiger partial charge in [-0.05, 0) is 38.3 Å². The maximum atomic E-state index is 12.8. The number of hydrogen-bond donors (Lipinski definition) is 1. The van der Waals surface area contributed by atoms with E-state index in [4.69, 9.17) is 0 Å². The topological polar surface area (TPSA) is 67.2 Å². The molecule has 1 aromatic carbocycles. The highest BCUT2D eigenvalue weighted by Crippen LogP contribution is 2.30. The minimum absolute atomic E-state index is 0.0534. The van der Waals surface area contributed by atoms with E-state index in [0.29, 0.717) is 18.5 Å². The maximum Gasteiger partial charge on any atom is 0.255 e. The monoisotopic (exact) mass is 326 g/mol. The van der Waals surface area contributed by atoms with Crippen molar-refractivity contribution in [1.82, 2.24) is 15.1 Å². The number of aryl methyl sites for hydroxylation is 4. The summed E-state index contributed by atoms with van der Waals surface area (Å²) in [7, 11) is 1.75. The number of nitrogens with zero attached hydrogens (tertiary/aromatic N) is 3. The molecule has 1 aromatic heterocycles. The molecular formula is C18H22N4O2. The summed E-state index contributed by atoms with van der Waals surface area (Å²) in [5.74, 6) is -0.317. The van der Waals surface area contributed by atoms with E-state index in [9.17, 15) is 9.59 Å². The Hall–Kier alpha value is -2.63. The van der Waals surface area contributed by atoms with Crippen LogP contribution in [-0.4, -0.2) is 34.2 Å². The molecule has 0 saturated carbocycles. The average molecular weight is 326 g/mol. The summed E-state index contributed by atoms with van der Waals surface area (Å²) >= 11 is 0. The summed E-state index contributed by atoms with van der Waals surface area (Å²) in [5.41, 5.74) is 4.78. The molecule has 1 unspecified atom stereocenters. The Labute approximate surface area is 141 Å². The van der Waals surface area contributed by atoms with Crippen molar-refractivity contribution in [3.8, 4) is 0 Å². The largest absolute Gasteiger partial charge is 0.340 e. The lowest BCUT2D eigenvalue weighted by atomic mass is 10.0. The second-order valence-electron chi connectivity index (χ2n) is 6.45. The van der Waals surface area contributed by atoms with Crippen LogP contribution in [0.25, 0.3) is 0 Å². The first kappa shape index (κ1) is 16.2. The van der Waals surface area contributed by atoms with Gasteiger partial charge in [-0.1, -0.05) is 17.7 Å². The third-order valence-corrected chi connectivity index (χ3v) is 4.38. The predicted octanol–water partition coefficient (Wildman–Crippen LogP) is 1.88. The third-order valence-electron chi connectivity index (χ3n) is 4.38. The van der Waals surface area contributed by atoms with Crippen molar-refractivity contribution in [3.05, 3.63) is 46.8 Å². The van der Waals surface area contributed by atoms with E-state index < -0.39 is 6.04 Å². The fourth-order valence-electron chi connectivity index (χ4n) is 3.41. The smallest absolute Gasteiger partial charge is 0.255 e. The van der Waals surface area contributed by atoms with E-state index in [1.54, 1.807) is 22.8 Å². The van der Waals surface area contributed by atoms with Crippen molar-refractivity contribution >= 4 is 17.5 Å². The van der Waals surface area contributed by atoms with Crippen molar-refractivity contribution < 1.29 is 9.59 Å². The summed E-state index contributed by atoms with van der Waals surface area (Å²) < 4.78 is 1.57. The molecule has 2 aromatic rings. The quantitative estimate of drug-likeness (QED) is 0.936. The molecule has 1 aliphatic rings. The zero-order chi connectivity index (χ0) is 17.4. The van der Waals surface area contributed by atoms with Gasteiger partial charge in [0.15, 0.2) is 0 Å². The Morgan fingerprint density at radius 3 is 2.50 bits per heavy atom. The van der Waals surface area contributed by atoms with E-state index in [2.05, 4.69) is 22.5 Å². The zero-order valence-electron chi connectivity index (χ0n) is 14.5. The molecule has 2 amide bonds. The van der Waals surface area contributed by atoms with Crippen molar-refractivity contribution in [2.45, 2.75) is 33.2 Å². The summed E-state index contributed by atoms with van der Waals surface area (Å²) in [6.45, 7) is 6.70. The van der Waals surface area contributed by atoms with Crippen LogP contribution in [0.4, 0.5) is 5.69 Å². The molecular weight excluding hydrogens is 304 g/mol. The van der Waals surface area contributed by atoms with Crippen LogP contribution in [0.5, 0.6) is 0 Å². The van der Waals surface area contributed by atoms with Gasteiger partial charge < -0.3 is 10.2 Å². The SMILES string of the molecule is Cc1cc(C)c(N2CCC(NC(=O)c3cnn(C)c3)C2=O)c(C)c1. The fourth-order valence-corrected chi connectivity index (χ4v) is 3.41. The number of anilines is 1. The number of aromatic nitrogens is 2. The zero-order valence-corrected chi connectivity index (χ0v) is 14.5. The van der Waals surface area contributed by atoms with Crippen molar-refractivity contribution in [2.75, 3.05) is 11.4 Å². The Kier molecular flexibility index (Phi) is 4.13. The van der Waals surface area contributed by atoms with E-state index in [1.807, 2.05) is 20.8 Å². The van der Waals surface area contributed by atoms with E-state index in [0.717, 1.165) is 16.8 Å². The third kappa shape index (κ3) is 2.91. The van der Waals surface area contributed by atoms with Crippen LogP contribution in [0, 0.1) is 20.8 Å². The van der Waals surface area contributed by atoms with Crippen LogP contribution >= 0.6 is 0 Å². The second-order valence-corrected chi connectivity index (χ2v) is 6.45. The van der Waals surface area contributed by atoms with Crippen LogP contribution in [-0.2, 0) is 11.8 Å². The lowest BCUT2D eigenvalue weighted by molar-refractivity contribution is -0.118. The van der Waals surface area contributed by atoms with Gasteiger partial charge in [0, 0.05) is 25.5 Å². The van der Waals surface area contributed by atoms with Crippen LogP contribution < -0.4 is 10.2 Å². The molecule has 3 rings (SSSR count). The molecule has 1 fully saturated rings. The van der Waals surface area contributed by atoms with Gasteiger partial charge in [-0.3, -0.25) is 14.3 Å². The van der Waals surface area contributed by atoms with Gasteiger partial charge >= 0.3 is 0 Å². The van der Waals surface area contributed by atoms with E-state index in [-0.39, 0.29) is 11.8 Å². The fraction of sp³-hybridized carbons (Fsp3) is 0.389. The Morgan fingerprint density at radius 1 is 1.25 bits per heavy atom. The summed E-state index contributed by atoms with van der Waals surface area (Å²) in [6, 6.07) is 3.67. The highest BCUT2D eigenvalue weighted by atomic mass is 16.2. The highest BCUT2D eigenvalue weighted by Gasteiger charge is 2.35.